The summed E-state index contributed by atoms with van der Waals surface area (Å²) in [6, 6.07) is 8.58. The van der Waals surface area contributed by atoms with Gasteiger partial charge in [0.1, 0.15) is 0 Å². The van der Waals surface area contributed by atoms with E-state index in [2.05, 4.69) is 10.5 Å². The standard InChI is InChI=1S/C10H10N2O3/c1-7(13)9(12-15)10(14)11-8-5-3-2-4-6-8/h2-6,15H,1H3,(H,11,14). The molecule has 0 saturated heterocycles. The van der Waals surface area contributed by atoms with Crippen LogP contribution in [0.15, 0.2) is 35.5 Å². The highest BCUT2D eigenvalue weighted by Crippen LogP contribution is 2.04. The van der Waals surface area contributed by atoms with Gasteiger partial charge >= 0.3 is 0 Å². The Morgan fingerprint density at radius 3 is 2.33 bits per heavy atom. The number of carbonyl (C=O) groups is 2. The molecular weight excluding hydrogens is 196 g/mol. The lowest BCUT2D eigenvalue weighted by atomic mass is 10.2. The van der Waals surface area contributed by atoms with Gasteiger partial charge in [-0.1, -0.05) is 23.4 Å². The van der Waals surface area contributed by atoms with Gasteiger partial charge in [0.25, 0.3) is 5.91 Å². The predicted octanol–water partition coefficient (Wildman–Crippen LogP) is 1.04. The van der Waals surface area contributed by atoms with Crippen LogP contribution in [0.4, 0.5) is 5.69 Å². The van der Waals surface area contributed by atoms with E-state index in [0.717, 1.165) is 6.92 Å². The fourth-order valence-electron chi connectivity index (χ4n) is 0.987. The van der Waals surface area contributed by atoms with Crippen molar-refractivity contribution >= 4 is 23.1 Å². The Morgan fingerprint density at radius 2 is 1.87 bits per heavy atom. The van der Waals surface area contributed by atoms with Crippen molar-refractivity contribution in [3.63, 3.8) is 0 Å². The predicted molar refractivity (Wildman–Crippen MR) is 55.0 cm³/mol. The summed E-state index contributed by atoms with van der Waals surface area (Å²) < 4.78 is 0. The first kappa shape index (κ1) is 10.9. The molecule has 0 spiro atoms. The Hall–Kier alpha value is -2.17. The van der Waals surface area contributed by atoms with Gasteiger partial charge in [0.15, 0.2) is 5.78 Å². The second-order valence-electron chi connectivity index (χ2n) is 2.82. The van der Waals surface area contributed by atoms with Crippen LogP contribution in [0.2, 0.25) is 0 Å². The Balaban J connectivity index is 2.76. The van der Waals surface area contributed by atoms with Crippen molar-refractivity contribution in [2.45, 2.75) is 6.92 Å². The molecule has 0 bridgehead atoms. The van der Waals surface area contributed by atoms with Crippen LogP contribution in [0.5, 0.6) is 0 Å². The van der Waals surface area contributed by atoms with E-state index < -0.39 is 17.4 Å². The number of nitrogens with one attached hydrogen (secondary N) is 1. The molecule has 0 saturated carbocycles. The van der Waals surface area contributed by atoms with Gasteiger partial charge in [0, 0.05) is 12.6 Å². The molecular formula is C10H10N2O3. The van der Waals surface area contributed by atoms with E-state index in [9.17, 15) is 9.59 Å². The number of hydrogen-bond acceptors (Lipinski definition) is 4. The third kappa shape index (κ3) is 2.91. The monoisotopic (exact) mass is 206 g/mol. The second-order valence-corrected chi connectivity index (χ2v) is 2.82. The topological polar surface area (TPSA) is 78.8 Å². The molecule has 0 aliphatic carbocycles. The molecule has 0 aromatic heterocycles. The third-order valence-electron chi connectivity index (χ3n) is 1.68. The lowest BCUT2D eigenvalue weighted by molar-refractivity contribution is -0.114. The Kier molecular flexibility index (Phi) is 3.56. The molecule has 1 rings (SSSR count). The van der Waals surface area contributed by atoms with Crippen molar-refractivity contribution in [1.82, 2.24) is 0 Å². The van der Waals surface area contributed by atoms with Crippen molar-refractivity contribution < 1.29 is 14.8 Å². The van der Waals surface area contributed by atoms with Crippen molar-refractivity contribution in [3.05, 3.63) is 30.3 Å². The van der Waals surface area contributed by atoms with Crippen LogP contribution in [-0.2, 0) is 9.59 Å². The summed E-state index contributed by atoms with van der Waals surface area (Å²) in [5, 5.41) is 13.5. The summed E-state index contributed by atoms with van der Waals surface area (Å²) in [4.78, 5) is 22.2. The normalized spacial score (nSPS) is 10.9. The molecule has 2 N–H and O–H groups in total. The Morgan fingerprint density at radius 1 is 1.27 bits per heavy atom. The minimum Gasteiger partial charge on any atom is -0.410 e. The van der Waals surface area contributed by atoms with Gasteiger partial charge in [-0.25, -0.2) is 0 Å². The van der Waals surface area contributed by atoms with E-state index in [4.69, 9.17) is 5.21 Å². The summed E-state index contributed by atoms with van der Waals surface area (Å²) in [7, 11) is 0. The molecule has 5 nitrogen and oxygen atoms in total. The minimum absolute atomic E-state index is 0.515. The number of hydrogen-bond donors (Lipinski definition) is 2. The maximum Gasteiger partial charge on any atom is 0.281 e. The summed E-state index contributed by atoms with van der Waals surface area (Å²) >= 11 is 0. The van der Waals surface area contributed by atoms with Crippen LogP contribution >= 0.6 is 0 Å². The Labute approximate surface area is 86.4 Å². The quantitative estimate of drug-likeness (QED) is 0.335. The number of ketones is 1. The molecule has 1 aromatic carbocycles. The average molecular weight is 206 g/mol. The molecule has 5 heteroatoms. The third-order valence-corrected chi connectivity index (χ3v) is 1.68. The molecule has 0 fully saturated rings. The van der Waals surface area contributed by atoms with Gasteiger partial charge in [-0.05, 0) is 12.1 Å². The van der Waals surface area contributed by atoms with Gasteiger partial charge in [0.05, 0.1) is 0 Å². The van der Waals surface area contributed by atoms with Crippen LogP contribution in [-0.4, -0.2) is 22.6 Å². The zero-order chi connectivity index (χ0) is 11.3. The largest absolute Gasteiger partial charge is 0.410 e. The number of benzene rings is 1. The highest BCUT2D eigenvalue weighted by Gasteiger charge is 2.16. The zero-order valence-electron chi connectivity index (χ0n) is 8.10. The molecule has 15 heavy (non-hydrogen) atoms. The van der Waals surface area contributed by atoms with Crippen molar-refractivity contribution in [2.24, 2.45) is 5.16 Å². The van der Waals surface area contributed by atoms with Crippen molar-refractivity contribution in [3.8, 4) is 0 Å². The molecule has 0 aliphatic heterocycles. The maximum atomic E-state index is 11.4. The maximum absolute atomic E-state index is 11.4. The first-order valence-corrected chi connectivity index (χ1v) is 4.24. The summed E-state index contributed by atoms with van der Waals surface area (Å²) in [5.41, 5.74) is 0.0174. The van der Waals surface area contributed by atoms with Gasteiger partial charge < -0.3 is 10.5 Å². The number of rotatable bonds is 3. The fraction of sp³-hybridized carbons (Fsp3) is 0.100. The lowest BCUT2D eigenvalue weighted by Crippen LogP contribution is -2.28. The van der Waals surface area contributed by atoms with Gasteiger partial charge in [0.2, 0.25) is 5.71 Å². The first-order valence-electron chi connectivity index (χ1n) is 4.24. The van der Waals surface area contributed by atoms with Crippen molar-refractivity contribution in [2.75, 3.05) is 5.32 Å². The number of nitrogens with zero attached hydrogens (tertiary/aromatic N) is 1. The van der Waals surface area contributed by atoms with Crippen LogP contribution in [0.3, 0.4) is 0 Å². The van der Waals surface area contributed by atoms with E-state index in [0.29, 0.717) is 5.69 Å². The van der Waals surface area contributed by atoms with E-state index in [1.807, 2.05) is 0 Å². The zero-order valence-corrected chi connectivity index (χ0v) is 8.10. The molecule has 0 heterocycles. The van der Waals surface area contributed by atoms with E-state index in [1.54, 1.807) is 30.3 Å². The number of oxime groups is 1. The molecule has 78 valence electrons. The lowest BCUT2D eigenvalue weighted by Gasteiger charge is -2.03. The van der Waals surface area contributed by atoms with Crippen LogP contribution in [0.25, 0.3) is 0 Å². The SMILES string of the molecule is CC(=O)C(=NO)C(=O)Nc1ccccc1. The minimum atomic E-state index is -0.726. The van der Waals surface area contributed by atoms with E-state index in [1.165, 1.54) is 0 Å². The molecule has 1 amide bonds. The highest BCUT2D eigenvalue weighted by molar-refractivity contribution is 6.67. The average Bonchev–Trinajstić information content (AvgIpc) is 2.19. The number of amides is 1. The molecule has 0 unspecified atom stereocenters. The number of Topliss-reactive ketones (excluding diaryl/α,β-unsaturated/α-hetero) is 1. The molecule has 0 atom stereocenters. The summed E-state index contributed by atoms with van der Waals surface area (Å²) in [6.45, 7) is 1.15. The van der Waals surface area contributed by atoms with Gasteiger partial charge in [-0.2, -0.15) is 0 Å². The van der Waals surface area contributed by atoms with Gasteiger partial charge in [-0.3, -0.25) is 9.59 Å². The van der Waals surface area contributed by atoms with Crippen LogP contribution in [0.1, 0.15) is 6.92 Å². The van der Waals surface area contributed by atoms with Crippen molar-refractivity contribution in [1.29, 1.82) is 0 Å². The van der Waals surface area contributed by atoms with E-state index >= 15 is 0 Å². The number of carbonyl (C=O) groups excluding carboxylic acids is 2. The van der Waals surface area contributed by atoms with Crippen LogP contribution in [0, 0.1) is 0 Å². The first-order chi connectivity index (χ1) is 7.15. The summed E-state index contributed by atoms with van der Waals surface area (Å²) in [6.07, 6.45) is 0. The second kappa shape index (κ2) is 4.90. The molecule has 0 radical (unpaired) electrons. The summed E-state index contributed by atoms with van der Waals surface area (Å²) in [5.74, 6) is -1.32. The van der Waals surface area contributed by atoms with Crippen LogP contribution < -0.4 is 5.32 Å². The number of para-hydroxylation sites is 1. The fourth-order valence-corrected chi connectivity index (χ4v) is 0.987. The Bertz CT molecular complexity index is 398. The highest BCUT2D eigenvalue weighted by atomic mass is 16.4. The molecule has 0 aliphatic rings. The molecule has 1 aromatic rings. The van der Waals surface area contributed by atoms with E-state index in [-0.39, 0.29) is 0 Å². The number of anilines is 1. The smallest absolute Gasteiger partial charge is 0.281 e. The van der Waals surface area contributed by atoms with Gasteiger partial charge in [-0.15, -0.1) is 0 Å².